The van der Waals surface area contributed by atoms with Crippen LogP contribution in [0.5, 0.6) is 0 Å². The highest BCUT2D eigenvalue weighted by Crippen LogP contribution is 2.17. The average molecular weight is 300 g/mol. The molecular formula is C12H16N2O5S. The van der Waals surface area contributed by atoms with Crippen LogP contribution in [0, 0.1) is 13.8 Å². The molecule has 0 saturated carbocycles. The fourth-order valence-electron chi connectivity index (χ4n) is 1.68. The summed E-state index contributed by atoms with van der Waals surface area (Å²) in [6, 6.07) is -1.09. The third kappa shape index (κ3) is 4.61. The second kappa shape index (κ2) is 6.99. The van der Waals surface area contributed by atoms with Crippen molar-refractivity contribution in [1.29, 1.82) is 0 Å². The van der Waals surface area contributed by atoms with E-state index in [-0.39, 0.29) is 19.3 Å². The number of amides is 1. The molecule has 0 unspecified atom stereocenters. The van der Waals surface area contributed by atoms with Crippen LogP contribution in [0.3, 0.4) is 0 Å². The minimum atomic E-state index is -1.18. The van der Waals surface area contributed by atoms with E-state index in [4.69, 9.17) is 10.2 Å². The maximum atomic E-state index is 12.0. The van der Waals surface area contributed by atoms with Crippen molar-refractivity contribution in [3.8, 4) is 0 Å². The van der Waals surface area contributed by atoms with Crippen LogP contribution in [0.2, 0.25) is 0 Å². The first-order valence-electron chi connectivity index (χ1n) is 6.00. The molecule has 0 aliphatic rings. The predicted octanol–water partition coefficient (Wildman–Crippen LogP) is 1.20. The van der Waals surface area contributed by atoms with Gasteiger partial charge in [-0.05, 0) is 26.7 Å². The van der Waals surface area contributed by atoms with Gasteiger partial charge in [-0.25, -0.2) is 9.78 Å². The maximum Gasteiger partial charge on any atom is 0.326 e. The summed E-state index contributed by atoms with van der Waals surface area (Å²) in [5.41, 5.74) is 0.555. The van der Waals surface area contributed by atoms with Crippen molar-refractivity contribution in [2.24, 2.45) is 0 Å². The molecule has 0 bridgehead atoms. The van der Waals surface area contributed by atoms with Gasteiger partial charge in [0.15, 0.2) is 0 Å². The molecule has 3 N–H and O–H groups in total. The number of hydrogen-bond acceptors (Lipinski definition) is 5. The van der Waals surface area contributed by atoms with Gasteiger partial charge >= 0.3 is 11.9 Å². The first kappa shape index (κ1) is 16.1. The van der Waals surface area contributed by atoms with Crippen molar-refractivity contribution in [3.63, 3.8) is 0 Å². The van der Waals surface area contributed by atoms with E-state index < -0.39 is 23.9 Å². The first-order chi connectivity index (χ1) is 9.31. The van der Waals surface area contributed by atoms with Gasteiger partial charge in [-0.2, -0.15) is 0 Å². The van der Waals surface area contributed by atoms with Crippen LogP contribution >= 0.6 is 11.3 Å². The number of nitrogens with zero attached hydrogens (tertiary/aromatic N) is 1. The quantitative estimate of drug-likeness (QED) is 0.696. The highest BCUT2D eigenvalue weighted by molar-refractivity contribution is 7.13. The van der Waals surface area contributed by atoms with Crippen molar-refractivity contribution in [1.82, 2.24) is 10.3 Å². The van der Waals surface area contributed by atoms with Crippen molar-refractivity contribution < 1.29 is 24.6 Å². The number of carbonyl (C=O) groups excluding carboxylic acids is 1. The number of nitrogens with one attached hydrogen (secondary N) is 1. The summed E-state index contributed by atoms with van der Waals surface area (Å²) in [5, 5.41) is 20.7. The molecule has 0 fully saturated rings. The highest BCUT2D eigenvalue weighted by atomic mass is 32.1. The number of carboxylic acids is 2. The molecule has 7 nitrogen and oxygen atoms in total. The Bertz CT molecular complexity index is 526. The molecule has 0 radical (unpaired) electrons. The summed E-state index contributed by atoms with van der Waals surface area (Å²) in [6.45, 7) is 3.44. The molecule has 1 amide bonds. The highest BCUT2D eigenvalue weighted by Gasteiger charge is 2.23. The third-order valence-corrected chi connectivity index (χ3v) is 3.67. The second-order valence-electron chi connectivity index (χ2n) is 4.30. The fraction of sp³-hybridized carbons (Fsp3) is 0.500. The number of hydrogen-bond donors (Lipinski definition) is 3. The smallest absolute Gasteiger partial charge is 0.326 e. The molecule has 0 aliphatic heterocycles. The van der Waals surface area contributed by atoms with E-state index in [1.54, 1.807) is 13.8 Å². The van der Waals surface area contributed by atoms with Crippen LogP contribution in [0.1, 0.15) is 39.6 Å². The number of carbonyl (C=O) groups is 3. The van der Waals surface area contributed by atoms with Crippen molar-refractivity contribution in [2.75, 3.05) is 0 Å². The molecule has 0 saturated heterocycles. The zero-order chi connectivity index (χ0) is 15.3. The van der Waals surface area contributed by atoms with E-state index in [9.17, 15) is 14.4 Å². The zero-order valence-corrected chi connectivity index (χ0v) is 12.0. The minimum absolute atomic E-state index is 0.0736. The lowest BCUT2D eigenvalue weighted by atomic mass is 10.1. The van der Waals surface area contributed by atoms with E-state index in [0.717, 1.165) is 5.01 Å². The second-order valence-corrected chi connectivity index (χ2v) is 5.50. The molecule has 8 heteroatoms. The maximum absolute atomic E-state index is 12.0. The van der Waals surface area contributed by atoms with Gasteiger partial charge in [0.05, 0.1) is 10.7 Å². The zero-order valence-electron chi connectivity index (χ0n) is 11.2. The molecule has 1 heterocycles. The molecule has 0 aromatic carbocycles. The molecular weight excluding hydrogens is 284 g/mol. The van der Waals surface area contributed by atoms with Crippen molar-refractivity contribution in [2.45, 2.75) is 39.2 Å². The Morgan fingerprint density at radius 3 is 2.40 bits per heavy atom. The van der Waals surface area contributed by atoms with Gasteiger partial charge in [0, 0.05) is 6.42 Å². The van der Waals surface area contributed by atoms with Gasteiger partial charge in [0.25, 0.3) is 5.91 Å². The van der Waals surface area contributed by atoms with Gasteiger partial charge in [0.1, 0.15) is 10.9 Å². The van der Waals surface area contributed by atoms with E-state index in [0.29, 0.717) is 10.6 Å². The lowest BCUT2D eigenvalue weighted by Gasteiger charge is -2.13. The average Bonchev–Trinajstić information content (AvgIpc) is 2.66. The van der Waals surface area contributed by atoms with E-state index >= 15 is 0 Å². The Morgan fingerprint density at radius 2 is 1.95 bits per heavy atom. The molecule has 0 spiro atoms. The summed E-state index contributed by atoms with van der Waals surface area (Å²) < 4.78 is 0. The monoisotopic (exact) mass is 300 g/mol. The lowest BCUT2D eigenvalue weighted by molar-refractivity contribution is -0.140. The number of aromatic nitrogens is 1. The van der Waals surface area contributed by atoms with Crippen LogP contribution in [0.4, 0.5) is 0 Å². The van der Waals surface area contributed by atoms with E-state index in [1.165, 1.54) is 11.3 Å². The van der Waals surface area contributed by atoms with Crippen molar-refractivity contribution >= 4 is 29.2 Å². The van der Waals surface area contributed by atoms with Gasteiger partial charge < -0.3 is 15.5 Å². The van der Waals surface area contributed by atoms with Crippen LogP contribution in [0.15, 0.2) is 0 Å². The van der Waals surface area contributed by atoms with Gasteiger partial charge in [-0.1, -0.05) is 0 Å². The lowest BCUT2D eigenvalue weighted by Crippen LogP contribution is -2.40. The van der Waals surface area contributed by atoms with Gasteiger partial charge in [0.2, 0.25) is 0 Å². The first-order valence-corrected chi connectivity index (χ1v) is 6.82. The SMILES string of the molecule is Cc1nc(C)c(C(=O)N[C@H](CCCC(=O)O)C(=O)O)s1. The predicted molar refractivity (Wildman–Crippen MR) is 72.0 cm³/mol. The number of carboxylic acid groups (broad SMARTS) is 2. The Kier molecular flexibility index (Phi) is 5.63. The molecule has 1 aromatic heterocycles. The normalized spacial score (nSPS) is 11.9. The van der Waals surface area contributed by atoms with E-state index in [2.05, 4.69) is 10.3 Å². The molecule has 20 heavy (non-hydrogen) atoms. The molecule has 110 valence electrons. The van der Waals surface area contributed by atoms with Gasteiger partial charge in [-0.15, -0.1) is 11.3 Å². The summed E-state index contributed by atoms with van der Waals surface area (Å²) in [5.74, 6) is -2.66. The standard InChI is InChI=1S/C12H16N2O5S/c1-6-10(20-7(2)13-6)11(17)14-8(12(18)19)4-3-5-9(15)16/h8H,3-5H2,1-2H3,(H,14,17)(H,15,16)(H,18,19)/t8-/m1/s1. The topological polar surface area (TPSA) is 117 Å². The minimum Gasteiger partial charge on any atom is -0.481 e. The van der Waals surface area contributed by atoms with Crippen LogP contribution < -0.4 is 5.32 Å². The summed E-state index contributed by atoms with van der Waals surface area (Å²) >= 11 is 1.19. The van der Waals surface area contributed by atoms with Crippen LogP contribution in [-0.2, 0) is 9.59 Å². The van der Waals surface area contributed by atoms with Crippen molar-refractivity contribution in [3.05, 3.63) is 15.6 Å². The van der Waals surface area contributed by atoms with Crippen LogP contribution in [0.25, 0.3) is 0 Å². The summed E-state index contributed by atoms with van der Waals surface area (Å²) in [6.07, 6.45) is 0.135. The number of aryl methyl sites for hydroxylation is 2. The molecule has 1 aromatic rings. The largest absolute Gasteiger partial charge is 0.481 e. The molecule has 0 aliphatic carbocycles. The number of rotatable bonds is 7. The Labute approximate surface area is 119 Å². The van der Waals surface area contributed by atoms with E-state index in [1.807, 2.05) is 0 Å². The Morgan fingerprint density at radius 1 is 1.30 bits per heavy atom. The fourth-order valence-corrected chi connectivity index (χ4v) is 2.50. The Balaban J connectivity index is 2.66. The molecule has 1 atom stereocenters. The summed E-state index contributed by atoms with van der Waals surface area (Å²) in [4.78, 5) is 37.9. The number of thiazole rings is 1. The van der Waals surface area contributed by atoms with Crippen LogP contribution in [-0.4, -0.2) is 39.1 Å². The Hall–Kier alpha value is -1.96. The number of aliphatic carboxylic acids is 2. The third-order valence-electron chi connectivity index (χ3n) is 2.60. The summed E-state index contributed by atoms with van der Waals surface area (Å²) in [7, 11) is 0. The molecule has 1 rings (SSSR count). The van der Waals surface area contributed by atoms with Gasteiger partial charge in [-0.3, -0.25) is 9.59 Å².